The Bertz CT molecular complexity index is 728. The van der Waals surface area contributed by atoms with Gasteiger partial charge in [-0.3, -0.25) is 0 Å². The molecule has 0 radical (unpaired) electrons. The monoisotopic (exact) mass is 300 g/mol. The molecule has 3 rings (SSSR count). The number of benzene rings is 2. The van der Waals surface area contributed by atoms with E-state index in [1.807, 2.05) is 36.4 Å². The molecule has 21 heavy (non-hydrogen) atoms. The van der Waals surface area contributed by atoms with Crippen molar-refractivity contribution in [1.82, 2.24) is 10.2 Å². The van der Waals surface area contributed by atoms with Gasteiger partial charge in [0.05, 0.1) is 6.42 Å². The van der Waals surface area contributed by atoms with Crippen LogP contribution in [0, 0.1) is 0 Å². The van der Waals surface area contributed by atoms with Crippen LogP contribution in [0.2, 0.25) is 0 Å². The predicted octanol–water partition coefficient (Wildman–Crippen LogP) is 3.69. The van der Waals surface area contributed by atoms with Crippen LogP contribution in [-0.4, -0.2) is 15.3 Å². The number of hydrogen-bond donors (Lipinski definition) is 1. The Balaban J connectivity index is 1.77. The maximum Gasteiger partial charge on any atom is 0.238 e. The molecule has 3 aromatic rings. The summed E-state index contributed by atoms with van der Waals surface area (Å²) in [5.74, 6) is 1.06. The van der Waals surface area contributed by atoms with Gasteiger partial charge in [0.1, 0.15) is 11.1 Å². The Labute approximate surface area is 127 Å². The first-order chi connectivity index (χ1) is 10.2. The first-order valence-corrected chi connectivity index (χ1v) is 6.95. The molecule has 106 valence electrons. The molecule has 0 saturated carbocycles. The minimum absolute atomic E-state index is 0.215. The summed E-state index contributed by atoms with van der Waals surface area (Å²) in [6.07, 6.45) is 0.458. The van der Waals surface area contributed by atoms with Crippen LogP contribution in [0.25, 0.3) is 0 Å². The number of alkyl halides is 1. The molecule has 2 aromatic carbocycles. The average molecular weight is 301 g/mol. The standard InChI is InChI=1S/C16H13ClN2O2/c17-15(12-6-2-1-3-7-12)16-19-18-14(21-16)10-11-5-4-8-13(20)9-11/h1-9,15,20H,10H2. The molecule has 1 atom stereocenters. The van der Waals surface area contributed by atoms with Crippen LogP contribution >= 0.6 is 11.6 Å². The molecule has 1 heterocycles. The van der Waals surface area contributed by atoms with Gasteiger partial charge in [-0.15, -0.1) is 21.8 Å². The maximum atomic E-state index is 9.45. The molecule has 0 aliphatic carbocycles. The number of hydrogen-bond acceptors (Lipinski definition) is 4. The summed E-state index contributed by atoms with van der Waals surface area (Å²) in [5, 5.41) is 17.0. The van der Waals surface area contributed by atoms with E-state index in [1.54, 1.807) is 18.2 Å². The van der Waals surface area contributed by atoms with Gasteiger partial charge in [0.25, 0.3) is 0 Å². The van der Waals surface area contributed by atoms with Crippen LogP contribution in [-0.2, 0) is 6.42 Å². The van der Waals surface area contributed by atoms with Gasteiger partial charge < -0.3 is 9.52 Å². The second-order valence-corrected chi connectivity index (χ2v) is 5.09. The lowest BCUT2D eigenvalue weighted by atomic mass is 10.1. The molecule has 0 aliphatic heterocycles. The summed E-state index contributed by atoms with van der Waals surface area (Å²) in [6, 6.07) is 16.5. The lowest BCUT2D eigenvalue weighted by Crippen LogP contribution is -1.92. The van der Waals surface area contributed by atoms with E-state index in [2.05, 4.69) is 10.2 Å². The Morgan fingerprint density at radius 2 is 1.86 bits per heavy atom. The predicted molar refractivity (Wildman–Crippen MR) is 79.3 cm³/mol. The number of aromatic nitrogens is 2. The first-order valence-electron chi connectivity index (χ1n) is 6.51. The molecular weight excluding hydrogens is 288 g/mol. The largest absolute Gasteiger partial charge is 0.508 e. The van der Waals surface area contributed by atoms with Crippen molar-refractivity contribution in [2.45, 2.75) is 11.8 Å². The normalized spacial score (nSPS) is 12.2. The molecule has 4 nitrogen and oxygen atoms in total. The van der Waals surface area contributed by atoms with E-state index in [-0.39, 0.29) is 5.75 Å². The van der Waals surface area contributed by atoms with E-state index in [0.717, 1.165) is 11.1 Å². The molecule has 1 unspecified atom stereocenters. The highest BCUT2D eigenvalue weighted by Gasteiger charge is 2.18. The summed E-state index contributed by atoms with van der Waals surface area (Å²) in [4.78, 5) is 0. The molecule has 0 bridgehead atoms. The number of phenols is 1. The average Bonchev–Trinajstić information content (AvgIpc) is 2.96. The van der Waals surface area contributed by atoms with Crippen molar-refractivity contribution in [3.63, 3.8) is 0 Å². The molecule has 0 amide bonds. The minimum atomic E-state index is -0.461. The van der Waals surface area contributed by atoms with E-state index < -0.39 is 5.38 Å². The molecule has 1 N–H and O–H groups in total. The maximum absolute atomic E-state index is 9.45. The van der Waals surface area contributed by atoms with Crippen LogP contribution in [0.15, 0.2) is 59.0 Å². The smallest absolute Gasteiger partial charge is 0.238 e. The van der Waals surface area contributed by atoms with Gasteiger partial charge >= 0.3 is 0 Å². The summed E-state index contributed by atoms with van der Waals surface area (Å²) in [7, 11) is 0. The zero-order valence-corrected chi connectivity index (χ0v) is 11.9. The fraction of sp³-hybridized carbons (Fsp3) is 0.125. The lowest BCUT2D eigenvalue weighted by Gasteiger charge is -2.03. The summed E-state index contributed by atoms with van der Waals surface area (Å²) >= 11 is 6.34. The number of rotatable bonds is 4. The third-order valence-electron chi connectivity index (χ3n) is 3.06. The zero-order valence-electron chi connectivity index (χ0n) is 11.1. The number of nitrogens with zero attached hydrogens (tertiary/aromatic N) is 2. The van der Waals surface area contributed by atoms with E-state index in [4.69, 9.17) is 16.0 Å². The minimum Gasteiger partial charge on any atom is -0.508 e. The number of aromatic hydroxyl groups is 1. The molecule has 5 heteroatoms. The van der Waals surface area contributed by atoms with Crippen LogP contribution < -0.4 is 0 Å². The highest BCUT2D eigenvalue weighted by Crippen LogP contribution is 2.27. The molecule has 0 aliphatic rings. The second kappa shape index (κ2) is 5.97. The van der Waals surface area contributed by atoms with Crippen LogP contribution in [0.5, 0.6) is 5.75 Å². The van der Waals surface area contributed by atoms with Crippen molar-refractivity contribution >= 4 is 11.6 Å². The van der Waals surface area contributed by atoms with Gasteiger partial charge in [0.2, 0.25) is 11.8 Å². The lowest BCUT2D eigenvalue weighted by molar-refractivity contribution is 0.460. The first kappa shape index (κ1) is 13.6. The fourth-order valence-electron chi connectivity index (χ4n) is 2.05. The molecule has 1 aromatic heterocycles. The zero-order chi connectivity index (χ0) is 14.7. The van der Waals surface area contributed by atoms with Crippen LogP contribution in [0.4, 0.5) is 0 Å². The van der Waals surface area contributed by atoms with Gasteiger partial charge in [-0.25, -0.2) is 0 Å². The van der Waals surface area contributed by atoms with Crippen LogP contribution in [0.1, 0.15) is 28.3 Å². The number of phenolic OH excluding ortho intramolecular Hbond substituents is 1. The highest BCUT2D eigenvalue weighted by molar-refractivity contribution is 6.22. The molecule has 0 fully saturated rings. The third-order valence-corrected chi connectivity index (χ3v) is 3.50. The Morgan fingerprint density at radius 3 is 2.62 bits per heavy atom. The molecular formula is C16H13ClN2O2. The van der Waals surface area contributed by atoms with Gasteiger partial charge in [0.15, 0.2) is 0 Å². The second-order valence-electron chi connectivity index (χ2n) is 4.65. The fourth-order valence-corrected chi connectivity index (χ4v) is 2.28. The quantitative estimate of drug-likeness (QED) is 0.746. The van der Waals surface area contributed by atoms with Gasteiger partial charge in [0, 0.05) is 0 Å². The van der Waals surface area contributed by atoms with Gasteiger partial charge in [-0.05, 0) is 23.3 Å². The van der Waals surface area contributed by atoms with Crippen molar-refractivity contribution in [1.29, 1.82) is 0 Å². The number of halogens is 1. The van der Waals surface area contributed by atoms with Gasteiger partial charge in [-0.2, -0.15) is 0 Å². The Hall–Kier alpha value is -2.33. The van der Waals surface area contributed by atoms with E-state index in [1.165, 1.54) is 0 Å². The topological polar surface area (TPSA) is 59.2 Å². The van der Waals surface area contributed by atoms with Crippen molar-refractivity contribution in [3.8, 4) is 5.75 Å². The Morgan fingerprint density at radius 1 is 1.05 bits per heavy atom. The summed E-state index contributed by atoms with van der Waals surface area (Å²) < 4.78 is 5.61. The van der Waals surface area contributed by atoms with Crippen molar-refractivity contribution < 1.29 is 9.52 Å². The Kier molecular flexibility index (Phi) is 3.88. The van der Waals surface area contributed by atoms with E-state index in [0.29, 0.717) is 18.2 Å². The molecule has 0 saturated heterocycles. The summed E-state index contributed by atoms with van der Waals surface area (Å²) in [6.45, 7) is 0. The van der Waals surface area contributed by atoms with E-state index in [9.17, 15) is 5.11 Å². The third kappa shape index (κ3) is 3.23. The molecule has 0 spiro atoms. The van der Waals surface area contributed by atoms with Gasteiger partial charge in [-0.1, -0.05) is 42.5 Å². The van der Waals surface area contributed by atoms with E-state index >= 15 is 0 Å². The van der Waals surface area contributed by atoms with Crippen molar-refractivity contribution in [2.24, 2.45) is 0 Å². The highest BCUT2D eigenvalue weighted by atomic mass is 35.5. The van der Waals surface area contributed by atoms with Crippen LogP contribution in [0.3, 0.4) is 0 Å². The summed E-state index contributed by atoms with van der Waals surface area (Å²) in [5.41, 5.74) is 1.81. The van der Waals surface area contributed by atoms with Crippen molar-refractivity contribution in [2.75, 3.05) is 0 Å². The van der Waals surface area contributed by atoms with Crippen molar-refractivity contribution in [3.05, 3.63) is 77.5 Å². The SMILES string of the molecule is Oc1cccc(Cc2nnc(C(Cl)c3ccccc3)o2)c1.